The van der Waals surface area contributed by atoms with Gasteiger partial charge >= 0.3 is 0 Å². The highest BCUT2D eigenvalue weighted by atomic mass is 35.5. The second-order valence-corrected chi connectivity index (χ2v) is 13.0. The van der Waals surface area contributed by atoms with Crippen LogP contribution in [-0.2, 0) is 13.1 Å². The van der Waals surface area contributed by atoms with Crippen LogP contribution >= 0.6 is 11.6 Å². The van der Waals surface area contributed by atoms with Crippen molar-refractivity contribution >= 4 is 56.4 Å². The zero-order valence-corrected chi connectivity index (χ0v) is 27.6. The third-order valence-corrected chi connectivity index (χ3v) is 6.57. The van der Waals surface area contributed by atoms with Crippen molar-refractivity contribution in [2.24, 2.45) is 0 Å². The molecule has 5 aromatic rings. The number of pyridine rings is 4. The smallest absolute Gasteiger partial charge is 0.262 e. The van der Waals surface area contributed by atoms with Gasteiger partial charge in [-0.3, -0.25) is 14.6 Å². The van der Waals surface area contributed by atoms with Crippen LogP contribution in [0.2, 0.25) is 5.15 Å². The van der Waals surface area contributed by atoms with Crippen LogP contribution in [0, 0.1) is 0 Å². The molecule has 0 spiro atoms. The molecule has 46 heavy (non-hydrogen) atoms. The lowest BCUT2D eigenvalue weighted by atomic mass is 10.1. The van der Waals surface area contributed by atoms with Crippen molar-refractivity contribution in [1.29, 1.82) is 0 Å². The topological polar surface area (TPSA) is 172 Å². The van der Waals surface area contributed by atoms with Gasteiger partial charge in [-0.2, -0.15) is 0 Å². The molecule has 0 amide bonds. The number of hydrogen-bond acceptors (Lipinski definition) is 11. The zero-order valence-electron chi connectivity index (χ0n) is 26.8. The van der Waals surface area contributed by atoms with Gasteiger partial charge in [0.25, 0.3) is 11.1 Å². The van der Waals surface area contributed by atoms with Gasteiger partial charge in [0.2, 0.25) is 0 Å². The number of anilines is 4. The molecule has 0 unspecified atom stereocenters. The molecule has 5 aromatic heterocycles. The zero-order chi connectivity index (χ0) is 33.6. The van der Waals surface area contributed by atoms with Gasteiger partial charge in [-0.25, -0.2) is 15.0 Å². The number of nitrogens with zero attached hydrogens (tertiary/aromatic N) is 6. The van der Waals surface area contributed by atoms with Crippen LogP contribution in [0.15, 0.2) is 64.8 Å². The van der Waals surface area contributed by atoms with E-state index in [2.05, 4.69) is 35.9 Å². The van der Waals surface area contributed by atoms with Crippen molar-refractivity contribution in [3.05, 3.63) is 81.1 Å². The molecule has 0 saturated carbocycles. The summed E-state index contributed by atoms with van der Waals surface area (Å²) in [6.45, 7) is 12.2. The highest BCUT2D eigenvalue weighted by Gasteiger charge is 2.18. The minimum atomic E-state index is -0.283. The lowest BCUT2D eigenvalue weighted by molar-refractivity contribution is 0.274. The van der Waals surface area contributed by atoms with Gasteiger partial charge in [0.1, 0.15) is 28.4 Å². The molecular weight excluding hydrogens is 610 g/mol. The van der Waals surface area contributed by atoms with Gasteiger partial charge in [-0.05, 0) is 76.6 Å². The fourth-order valence-electron chi connectivity index (χ4n) is 4.59. The summed E-state index contributed by atoms with van der Waals surface area (Å²) < 4.78 is 2.94. The molecule has 14 heteroatoms. The molecule has 0 aliphatic heterocycles. The Kier molecular flexibility index (Phi) is 10.6. The van der Waals surface area contributed by atoms with Crippen molar-refractivity contribution in [2.45, 2.75) is 65.7 Å². The lowest BCUT2D eigenvalue weighted by Crippen LogP contribution is -2.29. The molecule has 0 aromatic carbocycles. The summed E-state index contributed by atoms with van der Waals surface area (Å²) in [5.74, 6) is 2.08. The molecule has 5 heterocycles. The number of rotatable bonds is 8. The van der Waals surface area contributed by atoms with Crippen molar-refractivity contribution in [3.63, 3.8) is 0 Å². The lowest BCUT2D eigenvalue weighted by Gasteiger charge is -2.23. The van der Waals surface area contributed by atoms with E-state index >= 15 is 0 Å². The minimum Gasteiger partial charge on any atom is -0.395 e. The van der Waals surface area contributed by atoms with Gasteiger partial charge in [0.15, 0.2) is 0 Å². The number of nitrogens with one attached hydrogen (secondary N) is 3. The maximum atomic E-state index is 12.8. The van der Waals surface area contributed by atoms with Crippen LogP contribution in [0.5, 0.6) is 0 Å². The molecule has 0 bridgehead atoms. The first-order chi connectivity index (χ1) is 21.7. The van der Waals surface area contributed by atoms with Crippen molar-refractivity contribution < 1.29 is 10.2 Å². The Balaban J connectivity index is 0.000000216. The first-order valence-corrected chi connectivity index (χ1v) is 15.1. The predicted octanol–water partition coefficient (Wildman–Crippen LogP) is 4.39. The van der Waals surface area contributed by atoms with E-state index in [0.717, 1.165) is 10.8 Å². The molecule has 13 nitrogen and oxygen atoms in total. The molecule has 0 saturated heterocycles. The average Bonchev–Trinajstić information content (AvgIpc) is 2.95. The molecule has 0 atom stereocenters. The van der Waals surface area contributed by atoms with Crippen LogP contribution in [0.3, 0.4) is 0 Å². The molecule has 5 rings (SSSR count). The minimum absolute atomic E-state index is 0.0888. The van der Waals surface area contributed by atoms with E-state index in [0.29, 0.717) is 39.2 Å². The number of fused-ring (bicyclic) bond motifs is 2. The third-order valence-electron chi connectivity index (χ3n) is 6.37. The number of aromatic nitrogens is 6. The molecule has 244 valence electrons. The molecule has 0 aliphatic rings. The highest BCUT2D eigenvalue weighted by molar-refractivity contribution is 6.30. The van der Waals surface area contributed by atoms with Crippen LogP contribution < -0.4 is 27.1 Å². The summed E-state index contributed by atoms with van der Waals surface area (Å²) in [7, 11) is 0. The van der Waals surface area contributed by atoms with Crippen molar-refractivity contribution in [2.75, 3.05) is 29.2 Å². The van der Waals surface area contributed by atoms with E-state index in [-0.39, 0.29) is 48.5 Å². The average molecular weight is 650 g/mol. The summed E-state index contributed by atoms with van der Waals surface area (Å²) in [5.41, 5.74) is -0.904. The summed E-state index contributed by atoms with van der Waals surface area (Å²) in [5, 5.41) is 30.6. The first kappa shape index (κ1) is 34.3. The summed E-state index contributed by atoms with van der Waals surface area (Å²) in [6.07, 6.45) is 8.11. The molecule has 5 N–H and O–H groups in total. The fourth-order valence-corrected chi connectivity index (χ4v) is 4.79. The van der Waals surface area contributed by atoms with E-state index < -0.39 is 0 Å². The number of halogens is 1. The Morgan fingerprint density at radius 2 is 1.28 bits per heavy atom. The van der Waals surface area contributed by atoms with Gasteiger partial charge in [0, 0.05) is 49.0 Å². The van der Waals surface area contributed by atoms with Crippen molar-refractivity contribution in [1.82, 2.24) is 29.1 Å². The Labute approximate surface area is 271 Å². The van der Waals surface area contributed by atoms with Gasteiger partial charge in [-0.1, -0.05) is 11.6 Å². The van der Waals surface area contributed by atoms with Crippen LogP contribution in [0.25, 0.3) is 21.5 Å². The number of aliphatic hydroxyl groups excluding tert-OH is 2. The highest BCUT2D eigenvalue weighted by Crippen LogP contribution is 2.26. The van der Waals surface area contributed by atoms with E-state index in [1.54, 1.807) is 49.2 Å². The van der Waals surface area contributed by atoms with Gasteiger partial charge in [-0.15, -0.1) is 0 Å². The van der Waals surface area contributed by atoms with Crippen LogP contribution in [0.1, 0.15) is 41.5 Å². The quantitative estimate of drug-likeness (QED) is 0.151. The standard InChI is InChI=1S/C18H22N6O2.C14H18ClN3O2/c1-18(2,3)23-16-15-12(4-7-24(8-9-25)17(15)26)10-13(22-16)21-14-11-19-5-6-20-14;1-14(2,3)17-12-11-9(8-10(15)16-12)4-5-18(6-7-19)13(11)20/h4-7,10-11,25H,8-9H2,1-3H3,(H2,20,21,22,23);4-5,8,19H,6-7H2,1-3H3,(H,16,17). The second kappa shape index (κ2) is 14.2. The second-order valence-electron chi connectivity index (χ2n) is 12.6. The first-order valence-electron chi connectivity index (χ1n) is 14.7. The number of hydrogen-bond donors (Lipinski definition) is 5. The molecule has 0 fully saturated rings. The SMILES string of the molecule is CC(C)(C)Nc1nc(Cl)cc2ccn(CCO)c(=O)c12.CC(C)(C)Nc1nc(Nc2cnccn2)cc2ccn(CCO)c(=O)c12. The summed E-state index contributed by atoms with van der Waals surface area (Å²) >= 11 is 6.01. The van der Waals surface area contributed by atoms with E-state index in [1.165, 1.54) is 9.13 Å². The Morgan fingerprint density at radius 1 is 0.761 bits per heavy atom. The van der Waals surface area contributed by atoms with E-state index in [4.69, 9.17) is 21.8 Å². The number of aliphatic hydroxyl groups is 2. The summed E-state index contributed by atoms with van der Waals surface area (Å²) in [6, 6.07) is 7.09. The molecule has 0 radical (unpaired) electrons. The van der Waals surface area contributed by atoms with Crippen LogP contribution in [-0.4, -0.2) is 63.6 Å². The van der Waals surface area contributed by atoms with E-state index in [9.17, 15) is 9.59 Å². The monoisotopic (exact) mass is 649 g/mol. The molecular formula is C32H40ClN9O4. The predicted molar refractivity (Wildman–Crippen MR) is 183 cm³/mol. The maximum absolute atomic E-state index is 12.8. The van der Waals surface area contributed by atoms with E-state index in [1.807, 2.05) is 47.6 Å². The summed E-state index contributed by atoms with van der Waals surface area (Å²) in [4.78, 5) is 42.3. The maximum Gasteiger partial charge on any atom is 0.262 e. The third kappa shape index (κ3) is 8.77. The Bertz CT molecular complexity index is 1930. The van der Waals surface area contributed by atoms with Gasteiger partial charge in [0.05, 0.1) is 30.2 Å². The molecule has 0 aliphatic carbocycles. The Morgan fingerprint density at radius 3 is 1.76 bits per heavy atom. The Hall–Kier alpha value is -4.59. The van der Waals surface area contributed by atoms with Gasteiger partial charge < -0.3 is 35.3 Å². The van der Waals surface area contributed by atoms with Crippen molar-refractivity contribution in [3.8, 4) is 0 Å². The fraction of sp³-hybridized carbons (Fsp3) is 0.375. The normalized spacial score (nSPS) is 11.7. The largest absolute Gasteiger partial charge is 0.395 e. The van der Waals surface area contributed by atoms with Crippen LogP contribution in [0.4, 0.5) is 23.3 Å².